The molecule has 0 aliphatic carbocycles. The molecule has 8 nitrogen and oxygen atoms in total. The van der Waals surface area contributed by atoms with Gasteiger partial charge in [-0.15, -0.1) is 0 Å². The van der Waals surface area contributed by atoms with Crippen LogP contribution in [0.1, 0.15) is 30.6 Å². The first-order chi connectivity index (χ1) is 13.8. The Labute approximate surface area is 169 Å². The number of methoxy groups -OCH3 is 2. The molecule has 4 atom stereocenters. The monoisotopic (exact) mass is 406 g/mol. The van der Waals surface area contributed by atoms with E-state index >= 15 is 0 Å². The molecule has 0 N–H and O–H groups in total. The number of Topliss-reactive ketones (excluding diaryl/α,β-unsaturated/α-hetero) is 1. The first-order valence-electron chi connectivity index (χ1n) is 9.34. The predicted molar refractivity (Wildman–Crippen MR) is 101 cm³/mol. The van der Waals surface area contributed by atoms with E-state index in [1.165, 1.54) is 20.3 Å². The molecule has 1 unspecified atom stereocenters. The van der Waals surface area contributed by atoms with Gasteiger partial charge in [0.1, 0.15) is 18.0 Å². The Kier molecular flexibility index (Phi) is 6.38. The van der Waals surface area contributed by atoms with Gasteiger partial charge in [0, 0.05) is 26.2 Å². The molecule has 2 aliphatic heterocycles. The molecule has 29 heavy (non-hydrogen) atoms. The molecule has 0 bridgehead atoms. The van der Waals surface area contributed by atoms with E-state index in [2.05, 4.69) is 0 Å². The number of hydrogen-bond acceptors (Lipinski definition) is 8. The molecular formula is C21H26O8. The Balaban J connectivity index is 1.63. The van der Waals surface area contributed by atoms with Crippen LogP contribution < -0.4 is 0 Å². The van der Waals surface area contributed by atoms with Gasteiger partial charge in [0.05, 0.1) is 12.7 Å². The van der Waals surface area contributed by atoms with Crippen LogP contribution in [0.4, 0.5) is 0 Å². The Morgan fingerprint density at radius 3 is 2.45 bits per heavy atom. The van der Waals surface area contributed by atoms with Crippen molar-refractivity contribution in [1.82, 2.24) is 0 Å². The van der Waals surface area contributed by atoms with Crippen LogP contribution in [0.15, 0.2) is 42.2 Å². The smallest absolute Gasteiger partial charge is 0.334 e. The van der Waals surface area contributed by atoms with Crippen molar-refractivity contribution in [3.63, 3.8) is 0 Å². The molecule has 3 rings (SSSR count). The Bertz CT molecular complexity index is 776. The third-order valence-corrected chi connectivity index (χ3v) is 5.35. The first-order valence-corrected chi connectivity index (χ1v) is 9.34. The molecule has 8 heteroatoms. The van der Waals surface area contributed by atoms with Crippen molar-refractivity contribution in [3.05, 3.63) is 47.7 Å². The van der Waals surface area contributed by atoms with E-state index in [4.69, 9.17) is 28.4 Å². The van der Waals surface area contributed by atoms with Crippen LogP contribution in [0.5, 0.6) is 0 Å². The van der Waals surface area contributed by atoms with Crippen molar-refractivity contribution in [2.45, 2.75) is 44.1 Å². The molecule has 0 aromatic heterocycles. The largest absolute Gasteiger partial charge is 0.489 e. The standard InChI is InChI=1S/C21H26O8/c1-20(24-3)21(2,25-4)29-18(13-27-20)17-10-15(11-19(23)28-17)26-12-16(22)14-8-6-5-7-9-14/h5-9,11,17-18H,10,12-13H2,1-4H3/t17?,18-,20+,21+/m0/s1. The maximum Gasteiger partial charge on any atom is 0.334 e. The molecule has 0 amide bonds. The van der Waals surface area contributed by atoms with Crippen LogP contribution in [0, 0.1) is 0 Å². The highest BCUT2D eigenvalue weighted by Crippen LogP contribution is 2.38. The molecule has 0 radical (unpaired) electrons. The minimum Gasteiger partial charge on any atom is -0.489 e. The van der Waals surface area contributed by atoms with Crippen LogP contribution in [0.2, 0.25) is 0 Å². The van der Waals surface area contributed by atoms with Crippen LogP contribution in [0.3, 0.4) is 0 Å². The van der Waals surface area contributed by atoms with Gasteiger partial charge in [0.2, 0.25) is 11.6 Å². The number of rotatable bonds is 7. The lowest BCUT2D eigenvalue weighted by Crippen LogP contribution is -2.64. The summed E-state index contributed by atoms with van der Waals surface area (Å²) in [5.74, 6) is -2.71. The molecule has 0 spiro atoms. The fourth-order valence-corrected chi connectivity index (χ4v) is 3.25. The van der Waals surface area contributed by atoms with Crippen LogP contribution in [-0.4, -0.2) is 63.0 Å². The number of ketones is 1. The highest BCUT2D eigenvalue weighted by molar-refractivity contribution is 5.97. The van der Waals surface area contributed by atoms with E-state index in [9.17, 15) is 9.59 Å². The van der Waals surface area contributed by atoms with E-state index in [1.54, 1.807) is 38.1 Å². The Morgan fingerprint density at radius 1 is 1.10 bits per heavy atom. The predicted octanol–water partition coefficient (Wildman–Crippen LogP) is 2.23. The van der Waals surface area contributed by atoms with E-state index in [-0.39, 0.29) is 25.4 Å². The first kappa shape index (κ1) is 21.4. The lowest BCUT2D eigenvalue weighted by atomic mass is 10.0. The van der Waals surface area contributed by atoms with Gasteiger partial charge in [0.15, 0.2) is 12.4 Å². The SMILES string of the molecule is CO[C@]1(C)OC[C@@H](C2CC(OCC(=O)c3ccccc3)=CC(=O)O2)O[C@@]1(C)OC. The van der Waals surface area contributed by atoms with Crippen molar-refractivity contribution in [1.29, 1.82) is 0 Å². The summed E-state index contributed by atoms with van der Waals surface area (Å²) in [7, 11) is 2.99. The fraction of sp³-hybridized carbons (Fsp3) is 0.524. The van der Waals surface area contributed by atoms with Crippen molar-refractivity contribution in [2.24, 2.45) is 0 Å². The second kappa shape index (κ2) is 8.62. The summed E-state index contributed by atoms with van der Waals surface area (Å²) in [6.07, 6.45) is 0.257. The maximum atomic E-state index is 12.2. The van der Waals surface area contributed by atoms with Crippen molar-refractivity contribution in [3.8, 4) is 0 Å². The minimum absolute atomic E-state index is 0.136. The summed E-state index contributed by atoms with van der Waals surface area (Å²) in [6.45, 7) is 3.37. The van der Waals surface area contributed by atoms with Crippen molar-refractivity contribution >= 4 is 11.8 Å². The van der Waals surface area contributed by atoms with Crippen LogP contribution >= 0.6 is 0 Å². The molecule has 1 aromatic carbocycles. The highest BCUT2D eigenvalue weighted by Gasteiger charge is 2.55. The molecule has 1 saturated heterocycles. The van der Waals surface area contributed by atoms with Gasteiger partial charge in [-0.2, -0.15) is 0 Å². The molecule has 2 heterocycles. The zero-order valence-corrected chi connectivity index (χ0v) is 17.0. The number of cyclic esters (lactones) is 1. The quantitative estimate of drug-likeness (QED) is 0.503. The lowest BCUT2D eigenvalue weighted by molar-refractivity contribution is -0.436. The zero-order chi connectivity index (χ0) is 21.1. The molecule has 2 aliphatic rings. The van der Waals surface area contributed by atoms with Crippen LogP contribution in [-0.2, 0) is 33.2 Å². The average molecular weight is 406 g/mol. The highest BCUT2D eigenvalue weighted by atomic mass is 16.8. The number of hydrogen-bond donors (Lipinski definition) is 0. The average Bonchev–Trinajstić information content (AvgIpc) is 2.74. The van der Waals surface area contributed by atoms with E-state index < -0.39 is 29.8 Å². The summed E-state index contributed by atoms with van der Waals surface area (Å²) in [6, 6.07) is 8.81. The Morgan fingerprint density at radius 2 is 1.79 bits per heavy atom. The third-order valence-electron chi connectivity index (χ3n) is 5.35. The molecule has 1 fully saturated rings. The van der Waals surface area contributed by atoms with Gasteiger partial charge in [-0.25, -0.2) is 4.79 Å². The number of carbonyl (C=O) groups excluding carboxylic acids is 2. The molecule has 1 aromatic rings. The van der Waals surface area contributed by atoms with E-state index in [1.807, 2.05) is 6.07 Å². The second-order valence-corrected chi connectivity index (χ2v) is 7.13. The topological polar surface area (TPSA) is 89.5 Å². The second-order valence-electron chi connectivity index (χ2n) is 7.13. The minimum atomic E-state index is -1.21. The summed E-state index contributed by atoms with van der Waals surface area (Å²) in [4.78, 5) is 24.3. The van der Waals surface area contributed by atoms with Crippen molar-refractivity contribution < 1.29 is 38.0 Å². The zero-order valence-electron chi connectivity index (χ0n) is 17.0. The lowest BCUT2D eigenvalue weighted by Gasteiger charge is -2.50. The third kappa shape index (κ3) is 4.51. The fourth-order valence-electron chi connectivity index (χ4n) is 3.25. The van der Waals surface area contributed by atoms with E-state index in [0.717, 1.165) is 0 Å². The number of benzene rings is 1. The van der Waals surface area contributed by atoms with Gasteiger partial charge in [-0.1, -0.05) is 30.3 Å². The molecule has 158 valence electrons. The molecule has 0 saturated carbocycles. The van der Waals surface area contributed by atoms with Crippen LogP contribution in [0.25, 0.3) is 0 Å². The van der Waals surface area contributed by atoms with E-state index in [0.29, 0.717) is 11.3 Å². The summed E-state index contributed by atoms with van der Waals surface area (Å²) >= 11 is 0. The number of esters is 1. The van der Waals surface area contributed by atoms with Gasteiger partial charge >= 0.3 is 5.97 Å². The summed E-state index contributed by atoms with van der Waals surface area (Å²) in [5.41, 5.74) is 0.543. The maximum absolute atomic E-state index is 12.2. The van der Waals surface area contributed by atoms with Gasteiger partial charge in [-0.05, 0) is 13.8 Å². The summed E-state index contributed by atoms with van der Waals surface area (Å²) < 4.78 is 33.8. The summed E-state index contributed by atoms with van der Waals surface area (Å²) in [5, 5.41) is 0. The normalized spacial score (nSPS) is 32.3. The van der Waals surface area contributed by atoms with Crippen molar-refractivity contribution in [2.75, 3.05) is 27.4 Å². The number of carbonyl (C=O) groups is 2. The molecular weight excluding hydrogens is 380 g/mol. The van der Waals surface area contributed by atoms with Gasteiger partial charge in [0.25, 0.3) is 0 Å². The van der Waals surface area contributed by atoms with Gasteiger partial charge in [-0.3, -0.25) is 4.79 Å². The Hall–Kier alpha value is -2.26. The number of ether oxygens (including phenoxy) is 6. The van der Waals surface area contributed by atoms with Gasteiger partial charge < -0.3 is 28.4 Å².